The summed E-state index contributed by atoms with van der Waals surface area (Å²) in [7, 11) is 0. The number of carbonyl (C=O) groups is 1. The Morgan fingerprint density at radius 2 is 2.17 bits per heavy atom. The molecule has 0 saturated carbocycles. The van der Waals surface area contributed by atoms with Gasteiger partial charge in [0.25, 0.3) is 5.91 Å². The van der Waals surface area contributed by atoms with Crippen LogP contribution in [0.3, 0.4) is 0 Å². The van der Waals surface area contributed by atoms with Crippen molar-refractivity contribution in [1.29, 1.82) is 0 Å². The van der Waals surface area contributed by atoms with E-state index in [2.05, 4.69) is 21.2 Å². The van der Waals surface area contributed by atoms with E-state index in [4.69, 9.17) is 4.42 Å². The summed E-state index contributed by atoms with van der Waals surface area (Å²) in [5, 5.41) is 12.5. The fourth-order valence-electron chi connectivity index (χ4n) is 1.51. The first-order valence-corrected chi connectivity index (χ1v) is 6.20. The van der Waals surface area contributed by atoms with Gasteiger partial charge in [0.2, 0.25) is 0 Å². The second-order valence-corrected chi connectivity index (χ2v) is 4.62. The number of amides is 1. The molecule has 2 rings (SSSR count). The Kier molecular flexibility index (Phi) is 4.17. The molecule has 1 atom stereocenters. The molecule has 1 amide bonds. The number of aliphatic hydroxyl groups excluding tert-OH is 1. The number of halogens is 1. The van der Waals surface area contributed by atoms with Crippen molar-refractivity contribution in [1.82, 2.24) is 5.32 Å². The standard InChI is InChI=1S/C13H12BrNO3/c14-11-4-2-1-3-10(11)13(17)15-7-12(16)9-5-6-18-8-9/h1-6,8,12,16H,7H2,(H,15,17). The van der Waals surface area contributed by atoms with Crippen molar-refractivity contribution < 1.29 is 14.3 Å². The van der Waals surface area contributed by atoms with E-state index in [0.29, 0.717) is 11.1 Å². The summed E-state index contributed by atoms with van der Waals surface area (Å²) in [5.41, 5.74) is 1.18. The number of furan rings is 1. The number of carbonyl (C=O) groups excluding carboxylic acids is 1. The van der Waals surface area contributed by atoms with Crippen molar-refractivity contribution in [2.45, 2.75) is 6.10 Å². The Morgan fingerprint density at radius 1 is 1.39 bits per heavy atom. The van der Waals surface area contributed by atoms with Crippen LogP contribution in [0.4, 0.5) is 0 Å². The maximum Gasteiger partial charge on any atom is 0.252 e. The van der Waals surface area contributed by atoms with Gasteiger partial charge < -0.3 is 14.8 Å². The zero-order chi connectivity index (χ0) is 13.0. The predicted molar refractivity (Wildman–Crippen MR) is 70.1 cm³/mol. The van der Waals surface area contributed by atoms with E-state index in [1.165, 1.54) is 12.5 Å². The third kappa shape index (κ3) is 3.00. The highest BCUT2D eigenvalue weighted by atomic mass is 79.9. The van der Waals surface area contributed by atoms with Gasteiger partial charge in [-0.3, -0.25) is 4.79 Å². The normalized spacial score (nSPS) is 12.1. The van der Waals surface area contributed by atoms with E-state index in [1.54, 1.807) is 24.3 Å². The Morgan fingerprint density at radius 3 is 2.83 bits per heavy atom. The van der Waals surface area contributed by atoms with Gasteiger partial charge in [0.05, 0.1) is 24.2 Å². The maximum atomic E-state index is 11.9. The first-order valence-electron chi connectivity index (χ1n) is 5.41. The largest absolute Gasteiger partial charge is 0.472 e. The summed E-state index contributed by atoms with van der Waals surface area (Å²) in [5.74, 6) is -0.231. The molecule has 0 radical (unpaired) electrons. The molecule has 0 spiro atoms. The lowest BCUT2D eigenvalue weighted by Gasteiger charge is -2.10. The minimum Gasteiger partial charge on any atom is -0.472 e. The van der Waals surface area contributed by atoms with Gasteiger partial charge in [0.1, 0.15) is 0 Å². The van der Waals surface area contributed by atoms with Gasteiger partial charge in [-0.25, -0.2) is 0 Å². The second-order valence-electron chi connectivity index (χ2n) is 3.76. The molecule has 0 aliphatic carbocycles. The molecule has 0 fully saturated rings. The van der Waals surface area contributed by atoms with Gasteiger partial charge in [-0.15, -0.1) is 0 Å². The lowest BCUT2D eigenvalue weighted by molar-refractivity contribution is 0.0915. The lowest BCUT2D eigenvalue weighted by atomic mass is 10.2. The molecule has 2 aromatic rings. The van der Waals surface area contributed by atoms with Crippen LogP contribution in [0.2, 0.25) is 0 Å². The summed E-state index contributed by atoms with van der Waals surface area (Å²) >= 11 is 3.30. The summed E-state index contributed by atoms with van der Waals surface area (Å²) < 4.78 is 5.59. The molecule has 2 N–H and O–H groups in total. The Labute approximate surface area is 113 Å². The average Bonchev–Trinajstić information content (AvgIpc) is 2.90. The summed E-state index contributed by atoms with van der Waals surface area (Å²) in [6.07, 6.45) is 2.17. The molecule has 1 unspecified atom stereocenters. The number of nitrogens with one attached hydrogen (secondary N) is 1. The molecule has 1 aromatic heterocycles. The highest BCUT2D eigenvalue weighted by Gasteiger charge is 2.13. The zero-order valence-corrected chi connectivity index (χ0v) is 11.1. The van der Waals surface area contributed by atoms with Gasteiger partial charge >= 0.3 is 0 Å². The van der Waals surface area contributed by atoms with Crippen LogP contribution in [0.15, 0.2) is 51.7 Å². The fourth-order valence-corrected chi connectivity index (χ4v) is 1.98. The number of hydrogen-bond acceptors (Lipinski definition) is 3. The number of hydrogen-bond donors (Lipinski definition) is 2. The van der Waals surface area contributed by atoms with E-state index in [0.717, 1.165) is 4.47 Å². The third-order valence-electron chi connectivity index (χ3n) is 2.50. The summed E-state index contributed by atoms with van der Waals surface area (Å²) in [6, 6.07) is 8.79. The van der Waals surface area contributed by atoms with Crippen LogP contribution >= 0.6 is 15.9 Å². The zero-order valence-electron chi connectivity index (χ0n) is 9.47. The molecule has 1 aromatic carbocycles. The topological polar surface area (TPSA) is 62.5 Å². The van der Waals surface area contributed by atoms with Crippen LogP contribution in [0.25, 0.3) is 0 Å². The Hall–Kier alpha value is -1.59. The van der Waals surface area contributed by atoms with Crippen LogP contribution in [0.5, 0.6) is 0 Å². The molecule has 5 heteroatoms. The molecule has 0 aliphatic rings. The third-order valence-corrected chi connectivity index (χ3v) is 3.19. The van der Waals surface area contributed by atoms with E-state index in [9.17, 15) is 9.90 Å². The van der Waals surface area contributed by atoms with Crippen LogP contribution in [0, 0.1) is 0 Å². The van der Waals surface area contributed by atoms with Gasteiger partial charge in [-0.2, -0.15) is 0 Å². The molecular weight excluding hydrogens is 298 g/mol. The fraction of sp³-hybridized carbons (Fsp3) is 0.154. The van der Waals surface area contributed by atoms with E-state index >= 15 is 0 Å². The van der Waals surface area contributed by atoms with E-state index in [-0.39, 0.29) is 12.5 Å². The maximum absolute atomic E-state index is 11.9. The molecule has 0 saturated heterocycles. The Balaban J connectivity index is 1.95. The van der Waals surface area contributed by atoms with Gasteiger partial charge in [0, 0.05) is 16.6 Å². The minimum atomic E-state index is -0.768. The minimum absolute atomic E-state index is 0.139. The number of rotatable bonds is 4. The molecule has 0 aliphatic heterocycles. The van der Waals surface area contributed by atoms with Crippen LogP contribution in [-0.4, -0.2) is 17.6 Å². The highest BCUT2D eigenvalue weighted by molar-refractivity contribution is 9.10. The van der Waals surface area contributed by atoms with Crippen LogP contribution < -0.4 is 5.32 Å². The molecular formula is C13H12BrNO3. The lowest BCUT2D eigenvalue weighted by Crippen LogP contribution is -2.28. The van der Waals surface area contributed by atoms with Crippen molar-refractivity contribution in [2.75, 3.05) is 6.54 Å². The van der Waals surface area contributed by atoms with Gasteiger partial charge in [0.15, 0.2) is 0 Å². The van der Waals surface area contributed by atoms with Crippen molar-refractivity contribution in [3.8, 4) is 0 Å². The highest BCUT2D eigenvalue weighted by Crippen LogP contribution is 2.16. The van der Waals surface area contributed by atoms with Crippen molar-refractivity contribution in [3.05, 3.63) is 58.5 Å². The molecule has 1 heterocycles. The number of benzene rings is 1. The van der Waals surface area contributed by atoms with E-state index < -0.39 is 6.10 Å². The van der Waals surface area contributed by atoms with Crippen molar-refractivity contribution in [3.63, 3.8) is 0 Å². The van der Waals surface area contributed by atoms with Gasteiger partial charge in [-0.1, -0.05) is 12.1 Å². The number of aliphatic hydroxyl groups is 1. The summed E-state index contributed by atoms with van der Waals surface area (Å²) in [4.78, 5) is 11.9. The van der Waals surface area contributed by atoms with Crippen LogP contribution in [0.1, 0.15) is 22.0 Å². The predicted octanol–water partition coefficient (Wildman–Crippen LogP) is 2.51. The smallest absolute Gasteiger partial charge is 0.252 e. The van der Waals surface area contributed by atoms with E-state index in [1.807, 2.05) is 6.07 Å². The quantitative estimate of drug-likeness (QED) is 0.912. The van der Waals surface area contributed by atoms with Crippen molar-refractivity contribution in [2.24, 2.45) is 0 Å². The van der Waals surface area contributed by atoms with Crippen molar-refractivity contribution >= 4 is 21.8 Å². The first kappa shape index (κ1) is 12.9. The van der Waals surface area contributed by atoms with Gasteiger partial charge in [-0.05, 0) is 34.1 Å². The Bertz CT molecular complexity index is 525. The molecule has 18 heavy (non-hydrogen) atoms. The molecule has 94 valence electrons. The first-order chi connectivity index (χ1) is 8.68. The summed E-state index contributed by atoms with van der Waals surface area (Å²) in [6.45, 7) is 0.139. The average molecular weight is 310 g/mol. The van der Waals surface area contributed by atoms with Crippen LogP contribution in [-0.2, 0) is 0 Å². The monoisotopic (exact) mass is 309 g/mol. The molecule has 4 nitrogen and oxygen atoms in total. The second kappa shape index (κ2) is 5.84. The SMILES string of the molecule is O=C(NCC(O)c1ccoc1)c1ccccc1Br. The molecule has 0 bridgehead atoms.